The summed E-state index contributed by atoms with van der Waals surface area (Å²) in [5.41, 5.74) is 4.18. The van der Waals surface area contributed by atoms with E-state index in [1.165, 1.54) is 18.3 Å². The Morgan fingerprint density at radius 1 is 1.18 bits per heavy atom. The number of ether oxygens (including phenoxy) is 2. The van der Waals surface area contributed by atoms with Crippen molar-refractivity contribution in [3.63, 3.8) is 0 Å². The second-order valence-corrected chi connectivity index (χ2v) is 7.01. The number of rotatable bonds is 7. The molecule has 0 saturated carbocycles. The lowest BCUT2D eigenvalue weighted by molar-refractivity contribution is -0.0515. The number of para-hydroxylation sites is 1. The lowest BCUT2D eigenvalue weighted by Gasteiger charge is -2.18. The summed E-state index contributed by atoms with van der Waals surface area (Å²) in [5, 5.41) is 3.85. The van der Waals surface area contributed by atoms with Crippen LogP contribution < -0.4 is 14.9 Å². The molecule has 0 aliphatic heterocycles. The van der Waals surface area contributed by atoms with Crippen LogP contribution in [0.15, 0.2) is 47.6 Å². The van der Waals surface area contributed by atoms with E-state index in [-0.39, 0.29) is 22.5 Å². The zero-order valence-electron chi connectivity index (χ0n) is 16.3. The largest absolute Gasteiger partial charge is 0.490 e. The smallest absolute Gasteiger partial charge is 0.387 e. The number of hydrazone groups is 1. The zero-order chi connectivity index (χ0) is 20.7. The number of halogens is 2. The number of benzene rings is 2. The van der Waals surface area contributed by atoms with Crippen molar-refractivity contribution in [1.29, 1.82) is 0 Å². The third kappa shape index (κ3) is 5.77. The standard InChI is InChI=1S/C21H24F2N2O3/c1-5-27-17-8-6-7-15(18(17)28-20(22)23)13-24-25-19(26)14-9-11-16(12-10-14)21(2,3)4/h6-13,20H,5H2,1-4H3,(H,25,26)/b24-13-. The van der Waals surface area contributed by atoms with E-state index in [0.717, 1.165) is 5.56 Å². The van der Waals surface area contributed by atoms with Gasteiger partial charge in [0.2, 0.25) is 0 Å². The van der Waals surface area contributed by atoms with Gasteiger partial charge >= 0.3 is 6.61 Å². The lowest BCUT2D eigenvalue weighted by atomic mass is 9.87. The van der Waals surface area contributed by atoms with Crippen molar-refractivity contribution in [1.82, 2.24) is 5.43 Å². The Morgan fingerprint density at radius 3 is 2.43 bits per heavy atom. The molecule has 0 aliphatic carbocycles. The summed E-state index contributed by atoms with van der Waals surface area (Å²) in [4.78, 5) is 12.2. The molecule has 2 aromatic rings. The Bertz CT molecular complexity index is 829. The maximum absolute atomic E-state index is 12.7. The molecular weight excluding hydrogens is 366 g/mol. The minimum atomic E-state index is -3.01. The molecule has 5 nitrogen and oxygen atoms in total. The minimum Gasteiger partial charge on any atom is -0.490 e. The molecular formula is C21H24F2N2O3. The van der Waals surface area contributed by atoms with Gasteiger partial charge in [-0.05, 0) is 42.2 Å². The predicted octanol–water partition coefficient (Wildman–Crippen LogP) is 4.75. The number of alkyl halides is 2. The van der Waals surface area contributed by atoms with Gasteiger partial charge in [-0.3, -0.25) is 4.79 Å². The van der Waals surface area contributed by atoms with Gasteiger partial charge in [0.1, 0.15) is 0 Å². The van der Waals surface area contributed by atoms with Gasteiger partial charge in [0, 0.05) is 11.1 Å². The van der Waals surface area contributed by atoms with Crippen LogP contribution in [0.4, 0.5) is 8.78 Å². The fourth-order valence-corrected chi connectivity index (χ4v) is 2.47. The van der Waals surface area contributed by atoms with Crippen molar-refractivity contribution in [2.24, 2.45) is 5.10 Å². The topological polar surface area (TPSA) is 59.9 Å². The van der Waals surface area contributed by atoms with E-state index in [2.05, 4.69) is 36.0 Å². The second kappa shape index (κ2) is 9.30. The van der Waals surface area contributed by atoms with Crippen LogP contribution in [0.5, 0.6) is 11.5 Å². The molecule has 0 bridgehead atoms. The molecule has 7 heteroatoms. The molecule has 0 heterocycles. The van der Waals surface area contributed by atoms with Crippen LogP contribution in [0.2, 0.25) is 0 Å². The van der Waals surface area contributed by atoms with Crippen molar-refractivity contribution in [2.45, 2.75) is 39.7 Å². The van der Waals surface area contributed by atoms with Crippen molar-refractivity contribution in [3.05, 3.63) is 59.2 Å². The molecule has 0 aliphatic rings. The van der Waals surface area contributed by atoms with Crippen LogP contribution >= 0.6 is 0 Å². The molecule has 1 N–H and O–H groups in total. The van der Waals surface area contributed by atoms with Gasteiger partial charge in [0.15, 0.2) is 11.5 Å². The van der Waals surface area contributed by atoms with Crippen LogP contribution in [-0.2, 0) is 5.41 Å². The van der Waals surface area contributed by atoms with Gasteiger partial charge in [-0.1, -0.05) is 39.0 Å². The summed E-state index contributed by atoms with van der Waals surface area (Å²) < 4.78 is 35.3. The molecule has 0 radical (unpaired) electrons. The summed E-state index contributed by atoms with van der Waals surface area (Å²) in [6.07, 6.45) is 1.24. The van der Waals surface area contributed by atoms with E-state index in [1.54, 1.807) is 25.1 Å². The normalized spacial score (nSPS) is 11.7. The molecule has 2 rings (SSSR count). The number of amides is 1. The fraction of sp³-hybridized carbons (Fsp3) is 0.333. The maximum atomic E-state index is 12.7. The monoisotopic (exact) mass is 390 g/mol. The Morgan fingerprint density at radius 2 is 1.86 bits per heavy atom. The van der Waals surface area contributed by atoms with E-state index >= 15 is 0 Å². The quantitative estimate of drug-likeness (QED) is 0.548. The Kier molecular flexibility index (Phi) is 7.09. The van der Waals surface area contributed by atoms with E-state index in [1.807, 2.05) is 12.1 Å². The molecule has 0 aromatic heterocycles. The number of nitrogens with zero attached hydrogens (tertiary/aromatic N) is 1. The Balaban J connectivity index is 2.13. The molecule has 150 valence electrons. The number of carbonyl (C=O) groups excluding carboxylic acids is 1. The van der Waals surface area contributed by atoms with E-state index in [4.69, 9.17) is 4.74 Å². The molecule has 0 spiro atoms. The predicted molar refractivity (Wildman–Crippen MR) is 104 cm³/mol. The second-order valence-electron chi connectivity index (χ2n) is 7.01. The van der Waals surface area contributed by atoms with E-state index in [9.17, 15) is 13.6 Å². The lowest BCUT2D eigenvalue weighted by Crippen LogP contribution is -2.18. The summed E-state index contributed by atoms with van der Waals surface area (Å²) in [7, 11) is 0. The third-order valence-electron chi connectivity index (χ3n) is 3.90. The van der Waals surface area contributed by atoms with Gasteiger partial charge in [0.25, 0.3) is 5.91 Å². The van der Waals surface area contributed by atoms with Crippen molar-refractivity contribution < 1.29 is 23.0 Å². The summed E-state index contributed by atoms with van der Waals surface area (Å²) in [5.74, 6) is -0.364. The molecule has 0 unspecified atom stereocenters. The molecule has 0 fully saturated rings. The highest BCUT2D eigenvalue weighted by Crippen LogP contribution is 2.31. The average molecular weight is 390 g/mol. The Labute approximate surface area is 163 Å². The molecule has 0 saturated heterocycles. The summed E-state index contributed by atoms with van der Waals surface area (Å²) in [6.45, 7) is 5.27. The van der Waals surface area contributed by atoms with Crippen LogP contribution in [0.3, 0.4) is 0 Å². The van der Waals surface area contributed by atoms with Crippen molar-refractivity contribution >= 4 is 12.1 Å². The van der Waals surface area contributed by atoms with Gasteiger partial charge in [-0.2, -0.15) is 13.9 Å². The SMILES string of the molecule is CCOc1cccc(/C=N\NC(=O)c2ccc(C(C)(C)C)cc2)c1OC(F)F. The average Bonchev–Trinajstić information content (AvgIpc) is 2.63. The minimum absolute atomic E-state index is 0.0141. The van der Waals surface area contributed by atoms with E-state index < -0.39 is 12.5 Å². The fourth-order valence-electron chi connectivity index (χ4n) is 2.47. The van der Waals surface area contributed by atoms with Crippen molar-refractivity contribution in [2.75, 3.05) is 6.61 Å². The number of hydrogen-bond donors (Lipinski definition) is 1. The highest BCUT2D eigenvalue weighted by atomic mass is 19.3. The molecule has 28 heavy (non-hydrogen) atoms. The summed E-state index contributed by atoms with van der Waals surface area (Å²) in [6, 6.07) is 11.9. The van der Waals surface area contributed by atoms with Crippen LogP contribution in [0.1, 0.15) is 49.2 Å². The third-order valence-corrected chi connectivity index (χ3v) is 3.90. The van der Waals surface area contributed by atoms with Gasteiger partial charge in [0.05, 0.1) is 12.8 Å². The Hall–Kier alpha value is -2.96. The molecule has 2 aromatic carbocycles. The number of hydrogen-bond acceptors (Lipinski definition) is 4. The van der Waals surface area contributed by atoms with Crippen molar-refractivity contribution in [3.8, 4) is 11.5 Å². The highest BCUT2D eigenvalue weighted by molar-refractivity contribution is 5.95. The van der Waals surface area contributed by atoms with Gasteiger partial charge in [-0.15, -0.1) is 0 Å². The van der Waals surface area contributed by atoms with Gasteiger partial charge < -0.3 is 9.47 Å². The first-order valence-electron chi connectivity index (χ1n) is 8.87. The first kappa shape index (κ1) is 21.3. The first-order chi connectivity index (χ1) is 13.2. The number of nitrogens with one attached hydrogen (secondary N) is 1. The van der Waals surface area contributed by atoms with Crippen LogP contribution in [0, 0.1) is 0 Å². The van der Waals surface area contributed by atoms with E-state index in [0.29, 0.717) is 12.2 Å². The highest BCUT2D eigenvalue weighted by Gasteiger charge is 2.16. The first-order valence-corrected chi connectivity index (χ1v) is 8.87. The zero-order valence-corrected chi connectivity index (χ0v) is 16.3. The molecule has 1 amide bonds. The molecule has 0 atom stereocenters. The number of carbonyl (C=O) groups is 1. The van der Waals surface area contributed by atoms with Crippen LogP contribution in [0.25, 0.3) is 0 Å². The summed E-state index contributed by atoms with van der Waals surface area (Å²) >= 11 is 0. The maximum Gasteiger partial charge on any atom is 0.387 e. The van der Waals surface area contributed by atoms with Gasteiger partial charge in [-0.25, -0.2) is 5.43 Å². The van der Waals surface area contributed by atoms with Crippen LogP contribution in [-0.4, -0.2) is 25.3 Å².